The molecule has 97 valence electrons. The topological polar surface area (TPSA) is 0 Å². The van der Waals surface area contributed by atoms with Gasteiger partial charge in [0.05, 0.1) is 0 Å². The van der Waals surface area contributed by atoms with Gasteiger partial charge in [-0.25, -0.2) is 0 Å². The Labute approximate surface area is 108 Å². The summed E-state index contributed by atoms with van der Waals surface area (Å²) in [6, 6.07) is 0. The standard InChI is InChI=1S/C15H31S/c1-3-5-7-8-9-10-11-13-15-16-14-12-6-4-2/h1,3-15H2,2H3. The molecule has 0 fully saturated rings. The van der Waals surface area contributed by atoms with E-state index in [4.69, 9.17) is 0 Å². The largest absolute Gasteiger partial charge is 0.162 e. The summed E-state index contributed by atoms with van der Waals surface area (Å²) < 4.78 is 0. The zero-order valence-electron chi connectivity index (χ0n) is 11.3. The summed E-state index contributed by atoms with van der Waals surface area (Å²) in [7, 11) is 0. The Morgan fingerprint density at radius 3 is 1.75 bits per heavy atom. The number of unbranched alkanes of at least 4 members (excludes halogenated alkanes) is 9. The molecule has 1 heteroatoms. The molecule has 0 spiro atoms. The Morgan fingerprint density at radius 1 is 0.688 bits per heavy atom. The predicted molar refractivity (Wildman–Crippen MR) is 79.1 cm³/mol. The molecule has 0 saturated heterocycles. The van der Waals surface area contributed by atoms with Gasteiger partial charge in [-0.1, -0.05) is 71.6 Å². The molecule has 0 bridgehead atoms. The molecule has 16 heavy (non-hydrogen) atoms. The normalized spacial score (nSPS) is 10.9. The second-order valence-electron chi connectivity index (χ2n) is 4.65. The summed E-state index contributed by atoms with van der Waals surface area (Å²) in [6.07, 6.45) is 15.2. The lowest BCUT2D eigenvalue weighted by molar-refractivity contribution is 0.593. The Morgan fingerprint density at radius 2 is 1.19 bits per heavy atom. The van der Waals surface area contributed by atoms with E-state index >= 15 is 0 Å². The van der Waals surface area contributed by atoms with Gasteiger partial charge < -0.3 is 0 Å². The van der Waals surface area contributed by atoms with Crippen molar-refractivity contribution in [2.75, 3.05) is 11.5 Å². The molecule has 0 unspecified atom stereocenters. The maximum atomic E-state index is 3.87. The molecule has 0 saturated carbocycles. The molecule has 0 heterocycles. The zero-order chi connectivity index (χ0) is 11.9. The quantitative estimate of drug-likeness (QED) is 0.365. The van der Waals surface area contributed by atoms with Crippen molar-refractivity contribution in [2.24, 2.45) is 0 Å². The van der Waals surface area contributed by atoms with E-state index in [0.717, 1.165) is 6.42 Å². The Balaban J connectivity index is 2.83. The highest BCUT2D eigenvalue weighted by atomic mass is 32.2. The van der Waals surface area contributed by atoms with Gasteiger partial charge in [0.2, 0.25) is 0 Å². The predicted octanol–water partition coefficient (Wildman–Crippen LogP) is 5.86. The molecule has 0 aliphatic carbocycles. The van der Waals surface area contributed by atoms with Crippen LogP contribution in [-0.2, 0) is 0 Å². The minimum absolute atomic E-state index is 1.12. The fraction of sp³-hybridized carbons (Fsp3) is 0.933. The summed E-state index contributed by atoms with van der Waals surface area (Å²) in [5.41, 5.74) is 0. The van der Waals surface area contributed by atoms with Crippen molar-refractivity contribution in [3.63, 3.8) is 0 Å². The van der Waals surface area contributed by atoms with Gasteiger partial charge in [-0.15, -0.1) is 0 Å². The van der Waals surface area contributed by atoms with Crippen molar-refractivity contribution in [1.29, 1.82) is 0 Å². The molecule has 0 N–H and O–H groups in total. The van der Waals surface area contributed by atoms with Crippen LogP contribution >= 0.6 is 11.8 Å². The highest BCUT2D eigenvalue weighted by Crippen LogP contribution is 2.12. The Hall–Kier alpha value is 0.350. The molecular formula is C15H31S. The molecule has 0 amide bonds. The lowest BCUT2D eigenvalue weighted by atomic mass is 10.1. The van der Waals surface area contributed by atoms with Crippen molar-refractivity contribution < 1.29 is 0 Å². The number of rotatable bonds is 13. The van der Waals surface area contributed by atoms with E-state index in [1.807, 2.05) is 0 Å². The van der Waals surface area contributed by atoms with Crippen LogP contribution in [0.4, 0.5) is 0 Å². The fourth-order valence-corrected chi connectivity index (χ4v) is 2.84. The van der Waals surface area contributed by atoms with Crippen LogP contribution in [0.3, 0.4) is 0 Å². The smallest absolute Gasteiger partial charge is 0.00675 e. The molecule has 0 nitrogen and oxygen atoms in total. The van der Waals surface area contributed by atoms with Crippen molar-refractivity contribution in [3.05, 3.63) is 6.92 Å². The van der Waals surface area contributed by atoms with Gasteiger partial charge >= 0.3 is 0 Å². The van der Waals surface area contributed by atoms with E-state index in [1.165, 1.54) is 75.7 Å². The minimum atomic E-state index is 1.12. The molecule has 0 aliphatic rings. The summed E-state index contributed by atoms with van der Waals surface area (Å²) >= 11 is 2.16. The first kappa shape index (κ1) is 16.4. The van der Waals surface area contributed by atoms with Gasteiger partial charge in [0.1, 0.15) is 0 Å². The van der Waals surface area contributed by atoms with Crippen LogP contribution in [-0.4, -0.2) is 11.5 Å². The number of hydrogen-bond donors (Lipinski definition) is 0. The van der Waals surface area contributed by atoms with E-state index in [9.17, 15) is 0 Å². The van der Waals surface area contributed by atoms with E-state index in [2.05, 4.69) is 25.6 Å². The van der Waals surface area contributed by atoms with E-state index < -0.39 is 0 Å². The van der Waals surface area contributed by atoms with Crippen LogP contribution in [0.15, 0.2) is 0 Å². The van der Waals surface area contributed by atoms with Crippen LogP contribution in [0.2, 0.25) is 0 Å². The maximum Gasteiger partial charge on any atom is -0.00675 e. The highest BCUT2D eigenvalue weighted by Gasteiger charge is 1.92. The van der Waals surface area contributed by atoms with Gasteiger partial charge in [0.25, 0.3) is 0 Å². The fourth-order valence-electron chi connectivity index (χ4n) is 1.82. The monoisotopic (exact) mass is 243 g/mol. The third-order valence-electron chi connectivity index (χ3n) is 2.93. The second kappa shape index (κ2) is 15.4. The number of thioether (sulfide) groups is 1. The number of hydrogen-bond acceptors (Lipinski definition) is 1. The summed E-state index contributed by atoms with van der Waals surface area (Å²) in [5.74, 6) is 2.78. The molecule has 0 aromatic rings. The van der Waals surface area contributed by atoms with Crippen LogP contribution < -0.4 is 0 Å². The molecule has 0 aliphatic heterocycles. The zero-order valence-corrected chi connectivity index (χ0v) is 12.1. The molecule has 1 radical (unpaired) electrons. The SMILES string of the molecule is [CH2]CCCCCCCCCSCCCCC. The molecule has 0 atom stereocenters. The van der Waals surface area contributed by atoms with Gasteiger partial charge in [0, 0.05) is 0 Å². The van der Waals surface area contributed by atoms with Gasteiger partial charge in [0.15, 0.2) is 0 Å². The summed E-state index contributed by atoms with van der Waals surface area (Å²) in [4.78, 5) is 0. The first-order valence-corrected chi connectivity index (χ1v) is 8.44. The first-order chi connectivity index (χ1) is 7.91. The van der Waals surface area contributed by atoms with Crippen molar-refractivity contribution in [2.45, 2.75) is 77.6 Å². The van der Waals surface area contributed by atoms with Crippen LogP contribution in [0.5, 0.6) is 0 Å². The average molecular weight is 243 g/mol. The average Bonchev–Trinajstić information content (AvgIpc) is 2.31. The molecule has 0 aromatic carbocycles. The van der Waals surface area contributed by atoms with Gasteiger partial charge in [-0.3, -0.25) is 0 Å². The van der Waals surface area contributed by atoms with Crippen molar-refractivity contribution in [1.82, 2.24) is 0 Å². The molecule has 0 rings (SSSR count). The summed E-state index contributed by atoms with van der Waals surface area (Å²) in [5, 5.41) is 0. The Kier molecular flexibility index (Phi) is 15.7. The van der Waals surface area contributed by atoms with Crippen molar-refractivity contribution in [3.8, 4) is 0 Å². The van der Waals surface area contributed by atoms with Gasteiger partial charge in [-0.05, 0) is 24.3 Å². The third kappa shape index (κ3) is 14.4. The van der Waals surface area contributed by atoms with E-state index in [1.54, 1.807) is 0 Å². The summed E-state index contributed by atoms with van der Waals surface area (Å²) in [6.45, 7) is 6.15. The van der Waals surface area contributed by atoms with Gasteiger partial charge in [-0.2, -0.15) is 11.8 Å². The molecule has 0 aromatic heterocycles. The maximum absolute atomic E-state index is 3.87. The van der Waals surface area contributed by atoms with E-state index in [0.29, 0.717) is 0 Å². The lowest BCUT2D eigenvalue weighted by Crippen LogP contribution is -1.85. The second-order valence-corrected chi connectivity index (χ2v) is 5.87. The third-order valence-corrected chi connectivity index (χ3v) is 4.09. The minimum Gasteiger partial charge on any atom is -0.162 e. The van der Waals surface area contributed by atoms with E-state index in [-0.39, 0.29) is 0 Å². The van der Waals surface area contributed by atoms with Crippen LogP contribution in [0.1, 0.15) is 77.6 Å². The van der Waals surface area contributed by atoms with Crippen molar-refractivity contribution >= 4 is 11.8 Å². The first-order valence-electron chi connectivity index (χ1n) is 7.28. The Bertz CT molecular complexity index is 98.0. The van der Waals surface area contributed by atoms with Crippen LogP contribution in [0, 0.1) is 6.92 Å². The van der Waals surface area contributed by atoms with Crippen LogP contribution in [0.25, 0.3) is 0 Å². The molecular weight excluding hydrogens is 212 g/mol. The highest BCUT2D eigenvalue weighted by molar-refractivity contribution is 7.99. The lowest BCUT2D eigenvalue weighted by Gasteiger charge is -2.02.